The van der Waals surface area contributed by atoms with Gasteiger partial charge in [0.1, 0.15) is 12.4 Å². The minimum Gasteiger partial charge on any atom is -0.491 e. The van der Waals surface area contributed by atoms with Crippen LogP contribution < -0.4 is 4.74 Å². The van der Waals surface area contributed by atoms with E-state index in [1.54, 1.807) is 6.07 Å². The van der Waals surface area contributed by atoms with Crippen LogP contribution in [0.2, 0.25) is 0 Å². The molecule has 7 heteroatoms. The van der Waals surface area contributed by atoms with Crippen molar-refractivity contribution in [2.75, 3.05) is 33.5 Å². The minimum atomic E-state index is -4.57. The van der Waals surface area contributed by atoms with Crippen LogP contribution in [0, 0.1) is 11.3 Å². The first kappa shape index (κ1) is 16.3. The Balaban J connectivity index is 2.63. The van der Waals surface area contributed by atoms with Gasteiger partial charge >= 0.3 is 6.18 Å². The Bertz CT molecular complexity index is 469. The molecule has 0 aliphatic rings. The first-order valence-electron chi connectivity index (χ1n) is 5.80. The molecule has 1 aromatic rings. The van der Waals surface area contributed by atoms with Crippen molar-refractivity contribution in [2.24, 2.45) is 0 Å². The smallest absolute Gasteiger partial charge is 0.420 e. The lowest BCUT2D eigenvalue weighted by molar-refractivity contribution is -0.139. The number of benzene rings is 1. The quantitative estimate of drug-likeness (QED) is 0.724. The van der Waals surface area contributed by atoms with Crippen LogP contribution in [0.3, 0.4) is 0 Å². The minimum absolute atomic E-state index is 0.0152. The van der Waals surface area contributed by atoms with Crippen molar-refractivity contribution < 1.29 is 27.4 Å². The van der Waals surface area contributed by atoms with Crippen molar-refractivity contribution in [3.05, 3.63) is 29.3 Å². The second kappa shape index (κ2) is 7.72. The zero-order chi connectivity index (χ0) is 15.0. The predicted molar refractivity (Wildman–Crippen MR) is 64.3 cm³/mol. The van der Waals surface area contributed by atoms with Crippen LogP contribution in [0.4, 0.5) is 13.2 Å². The second-order valence-electron chi connectivity index (χ2n) is 3.77. The number of nitriles is 1. The first-order chi connectivity index (χ1) is 9.49. The van der Waals surface area contributed by atoms with Crippen LogP contribution in [0.1, 0.15) is 11.1 Å². The largest absolute Gasteiger partial charge is 0.491 e. The zero-order valence-corrected chi connectivity index (χ0v) is 10.9. The van der Waals surface area contributed by atoms with Gasteiger partial charge < -0.3 is 14.2 Å². The van der Waals surface area contributed by atoms with Crippen molar-refractivity contribution in [2.45, 2.75) is 6.18 Å². The first-order valence-corrected chi connectivity index (χ1v) is 5.80. The summed E-state index contributed by atoms with van der Waals surface area (Å²) in [5, 5.41) is 8.63. The van der Waals surface area contributed by atoms with E-state index in [4.69, 9.17) is 19.5 Å². The van der Waals surface area contributed by atoms with Gasteiger partial charge in [0.15, 0.2) is 0 Å². The molecule has 0 aliphatic carbocycles. The lowest BCUT2D eigenvalue weighted by atomic mass is 10.1. The fourth-order valence-corrected chi connectivity index (χ4v) is 1.40. The van der Waals surface area contributed by atoms with E-state index in [0.717, 1.165) is 12.1 Å². The van der Waals surface area contributed by atoms with Crippen molar-refractivity contribution in [3.8, 4) is 11.8 Å². The molecule has 0 saturated heterocycles. The standard InChI is InChI=1S/C13H14F3NO3/c1-18-4-5-19-6-7-20-12-3-2-10(9-17)8-11(12)13(14,15)16/h2-3,8H,4-7H2,1H3. The Morgan fingerprint density at radius 2 is 1.85 bits per heavy atom. The Morgan fingerprint density at radius 3 is 2.45 bits per heavy atom. The van der Waals surface area contributed by atoms with Crippen molar-refractivity contribution in [1.82, 2.24) is 0 Å². The van der Waals surface area contributed by atoms with Gasteiger partial charge in [-0.2, -0.15) is 18.4 Å². The molecule has 0 saturated carbocycles. The predicted octanol–water partition coefficient (Wildman–Crippen LogP) is 2.62. The summed E-state index contributed by atoms with van der Waals surface area (Å²) >= 11 is 0. The number of rotatable bonds is 7. The highest BCUT2D eigenvalue weighted by atomic mass is 19.4. The van der Waals surface area contributed by atoms with Gasteiger partial charge in [-0.15, -0.1) is 0 Å². The molecule has 0 atom stereocenters. The highest BCUT2D eigenvalue weighted by Crippen LogP contribution is 2.36. The number of hydrogen-bond acceptors (Lipinski definition) is 4. The van der Waals surface area contributed by atoms with Gasteiger partial charge in [-0.3, -0.25) is 0 Å². The van der Waals surface area contributed by atoms with Crippen molar-refractivity contribution >= 4 is 0 Å². The lowest BCUT2D eigenvalue weighted by Crippen LogP contribution is -2.13. The Morgan fingerprint density at radius 1 is 1.15 bits per heavy atom. The van der Waals surface area contributed by atoms with Crippen LogP contribution in [-0.2, 0) is 15.7 Å². The number of ether oxygens (including phenoxy) is 3. The van der Waals surface area contributed by atoms with E-state index in [2.05, 4.69) is 0 Å². The molecule has 0 unspecified atom stereocenters. The van der Waals surface area contributed by atoms with Gasteiger partial charge in [-0.05, 0) is 18.2 Å². The third-order valence-electron chi connectivity index (χ3n) is 2.33. The summed E-state index contributed by atoms with van der Waals surface area (Å²) in [4.78, 5) is 0. The second-order valence-corrected chi connectivity index (χ2v) is 3.77. The topological polar surface area (TPSA) is 51.5 Å². The highest BCUT2D eigenvalue weighted by Gasteiger charge is 2.34. The Kier molecular flexibility index (Phi) is 6.28. The van der Waals surface area contributed by atoms with E-state index in [9.17, 15) is 13.2 Å². The molecule has 0 N–H and O–H groups in total. The molecular weight excluding hydrogens is 275 g/mol. The summed E-state index contributed by atoms with van der Waals surface area (Å²) in [6.45, 7) is 0.892. The maximum Gasteiger partial charge on any atom is 0.420 e. The molecule has 0 fully saturated rings. The molecule has 1 rings (SSSR count). The molecule has 0 aliphatic heterocycles. The SMILES string of the molecule is COCCOCCOc1ccc(C#N)cc1C(F)(F)F. The average molecular weight is 289 g/mol. The molecule has 0 bridgehead atoms. The summed E-state index contributed by atoms with van der Waals surface area (Å²) < 4.78 is 53.3. The summed E-state index contributed by atoms with van der Waals surface area (Å²) in [6.07, 6.45) is -4.57. The third kappa shape index (κ3) is 5.07. The molecule has 0 radical (unpaired) electrons. The third-order valence-corrected chi connectivity index (χ3v) is 2.33. The average Bonchev–Trinajstić information content (AvgIpc) is 2.41. The number of hydrogen-bond donors (Lipinski definition) is 0. The zero-order valence-electron chi connectivity index (χ0n) is 10.9. The van der Waals surface area contributed by atoms with E-state index in [0.29, 0.717) is 13.2 Å². The molecule has 0 aromatic heterocycles. The molecule has 1 aromatic carbocycles. The lowest BCUT2D eigenvalue weighted by Gasteiger charge is -2.14. The van der Waals surface area contributed by atoms with Gasteiger partial charge in [-0.1, -0.05) is 0 Å². The Hall–Kier alpha value is -1.78. The van der Waals surface area contributed by atoms with Gasteiger partial charge in [0.25, 0.3) is 0 Å². The normalized spacial score (nSPS) is 11.2. The monoisotopic (exact) mass is 289 g/mol. The van der Waals surface area contributed by atoms with Crippen LogP contribution >= 0.6 is 0 Å². The van der Waals surface area contributed by atoms with Gasteiger partial charge in [0.05, 0.1) is 37.0 Å². The fourth-order valence-electron chi connectivity index (χ4n) is 1.40. The summed E-state index contributed by atoms with van der Waals surface area (Å²) in [5.74, 6) is -0.313. The molecule has 4 nitrogen and oxygen atoms in total. The number of methoxy groups -OCH3 is 1. The molecule has 0 spiro atoms. The molecule has 0 heterocycles. The molecule has 110 valence electrons. The van der Waals surface area contributed by atoms with E-state index in [-0.39, 0.29) is 24.5 Å². The van der Waals surface area contributed by atoms with E-state index < -0.39 is 11.7 Å². The molecule has 20 heavy (non-hydrogen) atoms. The summed E-state index contributed by atoms with van der Waals surface area (Å²) in [6, 6.07) is 4.84. The highest BCUT2D eigenvalue weighted by molar-refractivity contribution is 5.43. The van der Waals surface area contributed by atoms with E-state index >= 15 is 0 Å². The van der Waals surface area contributed by atoms with Gasteiger partial charge in [-0.25, -0.2) is 0 Å². The van der Waals surface area contributed by atoms with Crippen LogP contribution in [-0.4, -0.2) is 33.5 Å². The summed E-state index contributed by atoms with van der Waals surface area (Å²) in [7, 11) is 1.52. The number of halogens is 3. The Labute approximate surface area is 114 Å². The van der Waals surface area contributed by atoms with Gasteiger partial charge in [0.2, 0.25) is 0 Å². The number of nitrogens with zero attached hydrogens (tertiary/aromatic N) is 1. The van der Waals surface area contributed by atoms with E-state index in [1.807, 2.05) is 0 Å². The number of alkyl halides is 3. The van der Waals surface area contributed by atoms with Crippen molar-refractivity contribution in [3.63, 3.8) is 0 Å². The van der Waals surface area contributed by atoms with Crippen molar-refractivity contribution in [1.29, 1.82) is 5.26 Å². The fraction of sp³-hybridized carbons (Fsp3) is 0.462. The molecular formula is C13H14F3NO3. The maximum atomic E-state index is 12.8. The van der Waals surface area contributed by atoms with Crippen LogP contribution in [0.5, 0.6) is 5.75 Å². The van der Waals surface area contributed by atoms with Crippen LogP contribution in [0.25, 0.3) is 0 Å². The van der Waals surface area contributed by atoms with Gasteiger partial charge in [0, 0.05) is 7.11 Å². The van der Waals surface area contributed by atoms with Crippen LogP contribution in [0.15, 0.2) is 18.2 Å². The van der Waals surface area contributed by atoms with E-state index in [1.165, 1.54) is 13.2 Å². The molecule has 0 amide bonds. The maximum absolute atomic E-state index is 12.8. The summed E-state index contributed by atoms with van der Waals surface area (Å²) in [5.41, 5.74) is -1.03.